The second kappa shape index (κ2) is 6.07. The van der Waals surface area contributed by atoms with Crippen molar-refractivity contribution >= 4 is 23.5 Å². The maximum Gasteiger partial charge on any atom is 0.322 e. The molecule has 1 fully saturated rings. The standard InChI is InChI=1S/C16H13ClN2O3/c17-12-5-1-10(2-6-12)9-22-13-7-3-11(4-8-13)14-15(20)19-16(21)18-14/h1-8,14H,9H2,(H2,18,19,20,21). The highest BCUT2D eigenvalue weighted by atomic mass is 35.5. The predicted molar refractivity (Wildman–Crippen MR) is 81.6 cm³/mol. The number of rotatable bonds is 4. The molecule has 112 valence electrons. The minimum absolute atomic E-state index is 0.347. The third kappa shape index (κ3) is 3.20. The minimum Gasteiger partial charge on any atom is -0.489 e. The second-order valence-corrected chi connectivity index (χ2v) is 5.32. The summed E-state index contributed by atoms with van der Waals surface area (Å²) in [6.45, 7) is 0.428. The van der Waals surface area contributed by atoms with Crippen LogP contribution in [0.15, 0.2) is 48.5 Å². The van der Waals surface area contributed by atoms with Crippen molar-refractivity contribution in [1.29, 1.82) is 0 Å². The molecular weight excluding hydrogens is 304 g/mol. The van der Waals surface area contributed by atoms with Crippen LogP contribution in [0.25, 0.3) is 0 Å². The van der Waals surface area contributed by atoms with E-state index < -0.39 is 12.1 Å². The van der Waals surface area contributed by atoms with Crippen LogP contribution in [0.4, 0.5) is 4.79 Å². The summed E-state index contributed by atoms with van der Waals surface area (Å²) < 4.78 is 5.67. The summed E-state index contributed by atoms with van der Waals surface area (Å²) in [5.41, 5.74) is 1.72. The molecule has 1 aliphatic rings. The minimum atomic E-state index is -0.641. The number of benzene rings is 2. The first-order valence-electron chi connectivity index (χ1n) is 6.70. The Bertz CT molecular complexity index is 698. The van der Waals surface area contributed by atoms with Crippen molar-refractivity contribution in [2.24, 2.45) is 0 Å². The fourth-order valence-corrected chi connectivity index (χ4v) is 2.28. The van der Waals surface area contributed by atoms with Gasteiger partial charge in [-0.3, -0.25) is 10.1 Å². The zero-order valence-electron chi connectivity index (χ0n) is 11.5. The Morgan fingerprint density at radius 2 is 1.68 bits per heavy atom. The van der Waals surface area contributed by atoms with Gasteiger partial charge in [-0.1, -0.05) is 35.9 Å². The molecule has 1 unspecified atom stereocenters. The van der Waals surface area contributed by atoms with Crippen molar-refractivity contribution in [2.75, 3.05) is 0 Å². The molecule has 0 saturated carbocycles. The first kappa shape index (κ1) is 14.4. The number of hydrogen-bond donors (Lipinski definition) is 2. The summed E-state index contributed by atoms with van der Waals surface area (Å²) in [5, 5.41) is 5.43. The second-order valence-electron chi connectivity index (χ2n) is 4.88. The number of imide groups is 1. The predicted octanol–water partition coefficient (Wildman–Crippen LogP) is 2.80. The molecule has 5 nitrogen and oxygen atoms in total. The normalized spacial score (nSPS) is 17.0. The number of hydrogen-bond acceptors (Lipinski definition) is 3. The van der Waals surface area contributed by atoms with E-state index in [0.717, 1.165) is 5.56 Å². The number of urea groups is 1. The molecule has 3 amide bonds. The fourth-order valence-electron chi connectivity index (χ4n) is 2.16. The molecular formula is C16H13ClN2O3. The molecule has 22 heavy (non-hydrogen) atoms. The van der Waals surface area contributed by atoms with Crippen LogP contribution in [-0.4, -0.2) is 11.9 Å². The summed E-state index contributed by atoms with van der Waals surface area (Å²) >= 11 is 5.83. The fraction of sp³-hybridized carbons (Fsp3) is 0.125. The first-order chi connectivity index (χ1) is 10.6. The van der Waals surface area contributed by atoms with Crippen molar-refractivity contribution in [2.45, 2.75) is 12.6 Å². The van der Waals surface area contributed by atoms with Gasteiger partial charge in [-0.25, -0.2) is 4.79 Å². The molecule has 0 aromatic heterocycles. The van der Waals surface area contributed by atoms with Crippen molar-refractivity contribution in [3.8, 4) is 5.75 Å². The van der Waals surface area contributed by atoms with Gasteiger partial charge in [0.25, 0.3) is 5.91 Å². The Kier molecular flexibility index (Phi) is 3.98. The highest BCUT2D eigenvalue weighted by molar-refractivity contribution is 6.30. The van der Waals surface area contributed by atoms with Gasteiger partial charge in [0.15, 0.2) is 0 Å². The summed E-state index contributed by atoms with van der Waals surface area (Å²) in [6, 6.07) is 13.3. The number of amides is 3. The summed E-state index contributed by atoms with van der Waals surface area (Å²) in [7, 11) is 0. The van der Waals surface area contributed by atoms with Crippen LogP contribution in [0.1, 0.15) is 17.2 Å². The highest BCUT2D eigenvalue weighted by Crippen LogP contribution is 2.21. The Labute approximate surface area is 132 Å². The van der Waals surface area contributed by atoms with E-state index in [1.807, 2.05) is 24.3 Å². The third-order valence-corrected chi connectivity index (χ3v) is 3.56. The summed E-state index contributed by atoms with van der Waals surface area (Å²) in [4.78, 5) is 22.7. The molecule has 2 aromatic carbocycles. The SMILES string of the molecule is O=C1NC(=O)C(c2ccc(OCc3ccc(Cl)cc3)cc2)N1. The van der Waals surface area contributed by atoms with Crippen molar-refractivity contribution in [3.63, 3.8) is 0 Å². The summed E-state index contributed by atoms with van der Waals surface area (Å²) in [6.07, 6.45) is 0. The van der Waals surface area contributed by atoms with E-state index in [0.29, 0.717) is 22.9 Å². The molecule has 6 heteroatoms. The van der Waals surface area contributed by atoms with E-state index in [1.54, 1.807) is 24.3 Å². The molecule has 0 bridgehead atoms. The Morgan fingerprint density at radius 1 is 1.00 bits per heavy atom. The molecule has 1 saturated heterocycles. The molecule has 0 aliphatic carbocycles. The number of carbonyl (C=O) groups excluding carboxylic acids is 2. The summed E-state index contributed by atoms with van der Waals surface area (Å²) in [5.74, 6) is 0.336. The Morgan fingerprint density at radius 3 is 2.27 bits per heavy atom. The zero-order chi connectivity index (χ0) is 15.5. The molecule has 1 heterocycles. The Hall–Kier alpha value is -2.53. The van der Waals surface area contributed by atoms with Crippen LogP contribution in [-0.2, 0) is 11.4 Å². The number of nitrogens with one attached hydrogen (secondary N) is 2. The monoisotopic (exact) mass is 316 g/mol. The Balaban J connectivity index is 1.63. The highest BCUT2D eigenvalue weighted by Gasteiger charge is 2.30. The van der Waals surface area contributed by atoms with E-state index >= 15 is 0 Å². The van der Waals surface area contributed by atoms with Gasteiger partial charge in [0.2, 0.25) is 0 Å². The van der Waals surface area contributed by atoms with Gasteiger partial charge in [0.05, 0.1) is 0 Å². The van der Waals surface area contributed by atoms with Crippen molar-refractivity contribution in [1.82, 2.24) is 10.6 Å². The number of ether oxygens (including phenoxy) is 1. The lowest BCUT2D eigenvalue weighted by atomic mass is 10.1. The van der Waals surface area contributed by atoms with E-state index in [-0.39, 0.29) is 5.91 Å². The maximum absolute atomic E-state index is 11.6. The van der Waals surface area contributed by atoms with Crippen molar-refractivity contribution < 1.29 is 14.3 Å². The van der Waals surface area contributed by atoms with Gasteiger partial charge in [0.1, 0.15) is 18.4 Å². The van der Waals surface area contributed by atoms with Crippen LogP contribution >= 0.6 is 11.6 Å². The zero-order valence-corrected chi connectivity index (χ0v) is 12.3. The van der Waals surface area contributed by atoms with Gasteiger partial charge in [-0.2, -0.15) is 0 Å². The van der Waals surface area contributed by atoms with Gasteiger partial charge in [0, 0.05) is 5.02 Å². The molecule has 1 aliphatic heterocycles. The van der Waals surface area contributed by atoms with Crippen molar-refractivity contribution in [3.05, 3.63) is 64.7 Å². The van der Waals surface area contributed by atoms with E-state index in [2.05, 4.69) is 10.6 Å². The van der Waals surface area contributed by atoms with Gasteiger partial charge >= 0.3 is 6.03 Å². The third-order valence-electron chi connectivity index (χ3n) is 3.31. The van der Waals surface area contributed by atoms with E-state index in [4.69, 9.17) is 16.3 Å². The van der Waals surface area contributed by atoms with Crippen LogP contribution < -0.4 is 15.4 Å². The average molecular weight is 317 g/mol. The molecule has 0 radical (unpaired) electrons. The molecule has 2 aromatic rings. The molecule has 0 spiro atoms. The quantitative estimate of drug-likeness (QED) is 0.852. The largest absolute Gasteiger partial charge is 0.489 e. The van der Waals surface area contributed by atoms with Gasteiger partial charge in [-0.15, -0.1) is 0 Å². The maximum atomic E-state index is 11.6. The van der Waals surface area contributed by atoms with Gasteiger partial charge in [-0.05, 0) is 35.4 Å². The lowest BCUT2D eigenvalue weighted by molar-refractivity contribution is -0.120. The van der Waals surface area contributed by atoms with Crippen LogP contribution in [0, 0.1) is 0 Å². The molecule has 1 atom stereocenters. The average Bonchev–Trinajstić information content (AvgIpc) is 2.86. The number of halogens is 1. The van der Waals surface area contributed by atoms with Gasteiger partial charge < -0.3 is 10.1 Å². The molecule has 2 N–H and O–H groups in total. The smallest absolute Gasteiger partial charge is 0.322 e. The molecule has 3 rings (SSSR count). The lowest BCUT2D eigenvalue weighted by Crippen LogP contribution is -2.22. The van der Waals surface area contributed by atoms with Crippen LogP contribution in [0.5, 0.6) is 5.75 Å². The van der Waals surface area contributed by atoms with Crippen LogP contribution in [0.3, 0.4) is 0 Å². The van der Waals surface area contributed by atoms with E-state index in [1.165, 1.54) is 0 Å². The lowest BCUT2D eigenvalue weighted by Gasteiger charge is -2.10. The van der Waals surface area contributed by atoms with Crippen LogP contribution in [0.2, 0.25) is 5.02 Å². The van der Waals surface area contributed by atoms with E-state index in [9.17, 15) is 9.59 Å². The first-order valence-corrected chi connectivity index (χ1v) is 7.08. The number of carbonyl (C=O) groups is 2. The topological polar surface area (TPSA) is 67.4 Å².